The largest absolute Gasteiger partial charge is 0.373 e. The number of rotatable bonds is 4. The highest BCUT2D eigenvalue weighted by atomic mass is 35.5. The molecule has 1 heterocycles. The number of nitrogens with zero attached hydrogens (tertiary/aromatic N) is 4. The van der Waals surface area contributed by atoms with Gasteiger partial charge in [0.05, 0.1) is 11.3 Å². The van der Waals surface area contributed by atoms with Crippen LogP contribution in [0.3, 0.4) is 0 Å². The van der Waals surface area contributed by atoms with Gasteiger partial charge in [-0.25, -0.2) is 0 Å². The standard InChI is InChI=1S/C23H23N5O.ClH/c1-17-6-5-9-22(18(17)2)28-12-10-27(11-13-28)16-20(15-25)23(29)26-21-8-4-3-7-19(21)14-24;/h3-9,16H,10-13H2,1-2H3,(H,26,29);1H/b20-16-;. The maximum Gasteiger partial charge on any atom is 0.267 e. The van der Waals surface area contributed by atoms with Crippen LogP contribution >= 0.6 is 12.4 Å². The molecule has 0 aliphatic carbocycles. The summed E-state index contributed by atoms with van der Waals surface area (Å²) in [6.45, 7) is 7.33. The Bertz CT molecular complexity index is 1030. The zero-order chi connectivity index (χ0) is 20.8. The van der Waals surface area contributed by atoms with Crippen molar-refractivity contribution >= 4 is 29.7 Å². The number of nitriles is 2. The summed E-state index contributed by atoms with van der Waals surface area (Å²) in [6.07, 6.45) is 1.62. The molecule has 1 fully saturated rings. The first kappa shape index (κ1) is 22.8. The number of aryl methyl sites for hydroxylation is 1. The molecule has 0 spiro atoms. The van der Waals surface area contributed by atoms with E-state index in [0.717, 1.165) is 26.2 Å². The number of halogens is 1. The molecule has 1 N–H and O–H groups in total. The van der Waals surface area contributed by atoms with Gasteiger partial charge in [0.1, 0.15) is 17.7 Å². The summed E-state index contributed by atoms with van der Waals surface area (Å²) in [5.74, 6) is -0.507. The second-order valence-electron chi connectivity index (χ2n) is 7.01. The average Bonchev–Trinajstić information content (AvgIpc) is 2.75. The zero-order valence-electron chi connectivity index (χ0n) is 17.1. The van der Waals surface area contributed by atoms with E-state index < -0.39 is 5.91 Å². The van der Waals surface area contributed by atoms with E-state index >= 15 is 0 Å². The zero-order valence-corrected chi connectivity index (χ0v) is 17.9. The molecular weight excluding hydrogens is 398 g/mol. The van der Waals surface area contributed by atoms with Crippen molar-refractivity contribution in [2.45, 2.75) is 13.8 Å². The highest BCUT2D eigenvalue weighted by molar-refractivity contribution is 6.07. The van der Waals surface area contributed by atoms with E-state index in [1.165, 1.54) is 16.8 Å². The number of hydrogen-bond donors (Lipinski definition) is 1. The van der Waals surface area contributed by atoms with Crippen LogP contribution in [0.2, 0.25) is 0 Å². The quantitative estimate of drug-likeness (QED) is 0.600. The number of amides is 1. The summed E-state index contributed by atoms with van der Waals surface area (Å²) < 4.78 is 0. The van der Waals surface area contributed by atoms with Crippen molar-refractivity contribution in [2.75, 3.05) is 36.4 Å². The number of carbonyl (C=O) groups is 1. The lowest BCUT2D eigenvalue weighted by Crippen LogP contribution is -2.44. The van der Waals surface area contributed by atoms with Gasteiger partial charge < -0.3 is 15.1 Å². The molecule has 3 rings (SSSR count). The van der Waals surface area contributed by atoms with Crippen molar-refractivity contribution in [3.05, 3.63) is 70.9 Å². The summed E-state index contributed by atoms with van der Waals surface area (Å²) in [5, 5.41) is 21.3. The van der Waals surface area contributed by atoms with Crippen molar-refractivity contribution in [3.63, 3.8) is 0 Å². The van der Waals surface area contributed by atoms with E-state index in [1.54, 1.807) is 30.5 Å². The molecular formula is C23H24ClN5O. The highest BCUT2D eigenvalue weighted by Gasteiger charge is 2.19. The first-order valence-electron chi connectivity index (χ1n) is 9.51. The number of benzene rings is 2. The van der Waals surface area contributed by atoms with E-state index in [1.807, 2.05) is 17.0 Å². The predicted octanol–water partition coefficient (Wildman–Crippen LogP) is 3.77. The van der Waals surface area contributed by atoms with Crippen molar-refractivity contribution in [3.8, 4) is 12.1 Å². The number of anilines is 2. The van der Waals surface area contributed by atoms with Gasteiger partial charge in [0, 0.05) is 38.1 Å². The summed E-state index contributed by atoms with van der Waals surface area (Å²) in [7, 11) is 0. The van der Waals surface area contributed by atoms with Crippen molar-refractivity contribution in [1.29, 1.82) is 10.5 Å². The molecule has 7 heteroatoms. The summed E-state index contributed by atoms with van der Waals surface area (Å²) in [6, 6.07) is 17.1. The van der Waals surface area contributed by atoms with Gasteiger partial charge in [-0.1, -0.05) is 24.3 Å². The van der Waals surface area contributed by atoms with Gasteiger partial charge in [0.15, 0.2) is 0 Å². The fourth-order valence-corrected chi connectivity index (χ4v) is 3.37. The molecule has 1 amide bonds. The smallest absolute Gasteiger partial charge is 0.267 e. The maximum atomic E-state index is 12.5. The normalized spacial score (nSPS) is 13.7. The molecule has 0 radical (unpaired) electrons. The van der Waals surface area contributed by atoms with Crippen LogP contribution in [-0.2, 0) is 4.79 Å². The molecule has 0 bridgehead atoms. The number of hydrogen-bond acceptors (Lipinski definition) is 5. The Morgan fingerprint density at radius 1 is 1.03 bits per heavy atom. The monoisotopic (exact) mass is 421 g/mol. The third-order valence-corrected chi connectivity index (χ3v) is 5.20. The number of para-hydroxylation sites is 1. The minimum atomic E-state index is -0.507. The molecule has 0 aromatic heterocycles. The average molecular weight is 422 g/mol. The number of piperazine rings is 1. The molecule has 154 valence electrons. The van der Waals surface area contributed by atoms with E-state index in [2.05, 4.69) is 42.3 Å². The van der Waals surface area contributed by atoms with Gasteiger partial charge >= 0.3 is 0 Å². The van der Waals surface area contributed by atoms with Gasteiger partial charge in [-0.05, 0) is 43.2 Å². The summed E-state index contributed by atoms with van der Waals surface area (Å²) in [4.78, 5) is 16.8. The van der Waals surface area contributed by atoms with Gasteiger partial charge in [-0.3, -0.25) is 4.79 Å². The van der Waals surface area contributed by atoms with Crippen molar-refractivity contribution in [1.82, 2.24) is 4.90 Å². The van der Waals surface area contributed by atoms with Crippen LogP contribution in [0.4, 0.5) is 11.4 Å². The van der Waals surface area contributed by atoms with Crippen LogP contribution in [0.5, 0.6) is 0 Å². The molecule has 1 aliphatic heterocycles. The molecule has 1 saturated heterocycles. The van der Waals surface area contributed by atoms with Gasteiger partial charge in [0.25, 0.3) is 5.91 Å². The number of nitrogens with one attached hydrogen (secondary N) is 1. The Morgan fingerprint density at radius 2 is 1.73 bits per heavy atom. The first-order chi connectivity index (χ1) is 14.0. The SMILES string of the molecule is Cc1cccc(N2CCN(/C=C(/C#N)C(=O)Nc3ccccc3C#N)CC2)c1C.Cl. The topological polar surface area (TPSA) is 83.2 Å². The molecule has 0 atom stereocenters. The van der Waals surface area contributed by atoms with E-state index in [0.29, 0.717) is 11.3 Å². The van der Waals surface area contributed by atoms with Crippen LogP contribution in [0.15, 0.2) is 54.2 Å². The second kappa shape index (κ2) is 10.3. The Morgan fingerprint density at radius 3 is 2.40 bits per heavy atom. The second-order valence-corrected chi connectivity index (χ2v) is 7.01. The van der Waals surface area contributed by atoms with Crippen molar-refractivity contribution in [2.24, 2.45) is 0 Å². The van der Waals surface area contributed by atoms with E-state index in [9.17, 15) is 10.1 Å². The van der Waals surface area contributed by atoms with Crippen LogP contribution < -0.4 is 10.2 Å². The Hall–Kier alpha value is -3.48. The van der Waals surface area contributed by atoms with Gasteiger partial charge in [-0.15, -0.1) is 12.4 Å². The van der Waals surface area contributed by atoms with Crippen molar-refractivity contribution < 1.29 is 4.79 Å². The number of carbonyl (C=O) groups excluding carboxylic acids is 1. The van der Waals surface area contributed by atoms with Gasteiger partial charge in [0.2, 0.25) is 0 Å². The Balaban J connectivity index is 0.00000320. The summed E-state index contributed by atoms with van der Waals surface area (Å²) >= 11 is 0. The molecule has 0 saturated carbocycles. The van der Waals surface area contributed by atoms with E-state index in [-0.39, 0.29) is 18.0 Å². The molecule has 2 aromatic carbocycles. The summed E-state index contributed by atoms with van der Waals surface area (Å²) in [5.41, 5.74) is 4.58. The minimum Gasteiger partial charge on any atom is -0.373 e. The van der Waals surface area contributed by atoms with Crippen LogP contribution in [0, 0.1) is 36.5 Å². The Kier molecular flexibility index (Phi) is 7.86. The third-order valence-electron chi connectivity index (χ3n) is 5.20. The van der Waals surface area contributed by atoms with Crippen LogP contribution in [0.1, 0.15) is 16.7 Å². The first-order valence-corrected chi connectivity index (χ1v) is 9.51. The molecule has 6 nitrogen and oxygen atoms in total. The third kappa shape index (κ3) is 5.11. The lowest BCUT2D eigenvalue weighted by molar-refractivity contribution is -0.112. The molecule has 0 unspecified atom stereocenters. The minimum absolute atomic E-state index is 0. The lowest BCUT2D eigenvalue weighted by Gasteiger charge is -2.36. The molecule has 2 aromatic rings. The fourth-order valence-electron chi connectivity index (χ4n) is 3.37. The maximum absolute atomic E-state index is 12.5. The predicted molar refractivity (Wildman–Crippen MR) is 120 cm³/mol. The lowest BCUT2D eigenvalue weighted by atomic mass is 10.1. The van der Waals surface area contributed by atoms with Crippen LogP contribution in [0.25, 0.3) is 0 Å². The Labute approximate surface area is 183 Å². The van der Waals surface area contributed by atoms with E-state index in [4.69, 9.17) is 5.26 Å². The van der Waals surface area contributed by atoms with Gasteiger partial charge in [-0.2, -0.15) is 10.5 Å². The molecule has 30 heavy (non-hydrogen) atoms. The molecule has 1 aliphatic rings. The van der Waals surface area contributed by atoms with Crippen LogP contribution in [-0.4, -0.2) is 37.0 Å². The highest BCUT2D eigenvalue weighted by Crippen LogP contribution is 2.24. The fraction of sp³-hybridized carbons (Fsp3) is 0.261.